The highest BCUT2D eigenvalue weighted by molar-refractivity contribution is 5.59. The van der Waals surface area contributed by atoms with Gasteiger partial charge in [0.1, 0.15) is 0 Å². The molecule has 0 atom stereocenters. The predicted molar refractivity (Wildman–Crippen MR) is 22.2 cm³/mol. The van der Waals surface area contributed by atoms with Gasteiger partial charge in [-0.05, 0) is 0 Å². The Balaban J connectivity index is 2.49. The maximum absolute atomic E-state index is 12.4. The molecule has 0 radical (unpaired) electrons. The minimum Gasteiger partial charge on any atom is -0.229 e. The van der Waals surface area contributed by atoms with Gasteiger partial charge >= 0.3 is 18.0 Å². The molecule has 0 N–H and O–H groups in total. The second-order valence-electron chi connectivity index (χ2n) is 3.06. The summed E-state index contributed by atoms with van der Waals surface area (Å²) in [6.07, 6.45) is -5.92. The topological polar surface area (TPSA) is 0 Å². The van der Waals surface area contributed by atoms with Crippen LogP contribution >= 0.6 is 0 Å². The van der Waals surface area contributed by atoms with E-state index in [1.165, 1.54) is 0 Å². The highest BCUT2D eigenvalue weighted by Crippen LogP contribution is 3.00. The zero-order valence-electron chi connectivity index (χ0n) is 5.52. The molecule has 2 aliphatic rings. The van der Waals surface area contributed by atoms with E-state index < -0.39 is 29.1 Å². The molecule has 8 heteroatoms. The predicted octanol–water partition coefficient (Wildman–Crippen LogP) is 2.54. The van der Waals surface area contributed by atoms with E-state index >= 15 is 0 Å². The van der Waals surface area contributed by atoms with Crippen molar-refractivity contribution in [1.29, 1.82) is 0 Å². The third-order valence-corrected chi connectivity index (χ3v) is 2.62. The fourth-order valence-electron chi connectivity index (χ4n) is 1.79. The smallest absolute Gasteiger partial charge is 0.229 e. The maximum Gasteiger partial charge on any atom is 0.410 e. The third kappa shape index (κ3) is 0.417. The molecule has 0 bridgehead atoms. The summed E-state index contributed by atoms with van der Waals surface area (Å²) >= 11 is 0. The lowest BCUT2D eigenvalue weighted by atomic mass is 10.1. The average Bonchev–Trinajstić information content (AvgIpc) is 2.41. The Bertz CT molecular complexity index is 252. The van der Waals surface area contributed by atoms with Crippen LogP contribution in [0.3, 0.4) is 0 Å². The molecule has 2 aliphatic carbocycles. The Morgan fingerprint density at radius 1 is 0.692 bits per heavy atom. The first-order valence-electron chi connectivity index (χ1n) is 3.01. The van der Waals surface area contributed by atoms with Gasteiger partial charge in [0.25, 0.3) is 5.67 Å². The van der Waals surface area contributed by atoms with E-state index in [-0.39, 0.29) is 0 Å². The van der Waals surface area contributed by atoms with Crippen molar-refractivity contribution in [1.82, 2.24) is 0 Å². The summed E-state index contributed by atoms with van der Waals surface area (Å²) in [5.74, 6) is -9.97. The fraction of sp³-hybridized carbons (Fsp3) is 1.00. The van der Waals surface area contributed by atoms with E-state index in [0.717, 1.165) is 0 Å². The van der Waals surface area contributed by atoms with Gasteiger partial charge in [-0.3, -0.25) is 0 Å². The largest absolute Gasteiger partial charge is 0.410 e. The summed E-state index contributed by atoms with van der Waals surface area (Å²) in [5.41, 5.74) is -9.45. The van der Waals surface area contributed by atoms with Crippen molar-refractivity contribution in [3.63, 3.8) is 0 Å². The fourth-order valence-corrected chi connectivity index (χ4v) is 1.79. The number of fused-ring (bicyclic) bond motifs is 1. The van der Waals surface area contributed by atoms with Gasteiger partial charge in [0.15, 0.2) is 0 Å². The van der Waals surface area contributed by atoms with E-state index in [1.807, 2.05) is 0 Å². The molecule has 0 aromatic heterocycles. The summed E-state index contributed by atoms with van der Waals surface area (Å²) < 4.78 is 95.6. The van der Waals surface area contributed by atoms with Crippen molar-refractivity contribution in [2.75, 3.05) is 0 Å². The van der Waals surface area contributed by atoms with Crippen molar-refractivity contribution in [3.05, 3.63) is 0 Å². The average molecular weight is 212 g/mol. The van der Waals surface area contributed by atoms with Gasteiger partial charge in [0.05, 0.1) is 0 Å². The minimum absolute atomic E-state index is 4.70. The van der Waals surface area contributed by atoms with E-state index in [2.05, 4.69) is 0 Å². The summed E-state index contributed by atoms with van der Waals surface area (Å²) in [6, 6.07) is 0. The summed E-state index contributed by atoms with van der Waals surface area (Å²) in [7, 11) is 0. The van der Waals surface area contributed by atoms with E-state index in [9.17, 15) is 35.1 Å². The maximum atomic E-state index is 12.4. The van der Waals surface area contributed by atoms with E-state index in [1.54, 1.807) is 0 Å². The first-order valence-corrected chi connectivity index (χ1v) is 3.01. The monoisotopic (exact) mass is 212 g/mol. The molecule has 76 valence electrons. The summed E-state index contributed by atoms with van der Waals surface area (Å²) in [5, 5.41) is 0. The molecule has 0 nitrogen and oxygen atoms in total. The number of hydrogen-bond acceptors (Lipinski definition) is 0. The van der Waals surface area contributed by atoms with Crippen molar-refractivity contribution in [2.24, 2.45) is 5.41 Å². The second-order valence-corrected chi connectivity index (χ2v) is 3.06. The molecular formula is C5F8. The van der Waals surface area contributed by atoms with Crippen LogP contribution in [-0.4, -0.2) is 23.7 Å². The molecule has 0 aromatic carbocycles. The zero-order chi connectivity index (χ0) is 10.5. The lowest BCUT2D eigenvalue weighted by molar-refractivity contribution is -0.254. The molecule has 0 unspecified atom stereocenters. The molecule has 13 heavy (non-hydrogen) atoms. The SMILES string of the molecule is FC(F)(F)C12C(F)(F)C1(F)C2(F)F. The molecule has 2 fully saturated rings. The molecule has 0 spiro atoms. The lowest BCUT2D eigenvalue weighted by Crippen LogP contribution is -2.41. The molecular weight excluding hydrogens is 212 g/mol. The van der Waals surface area contributed by atoms with Gasteiger partial charge in [-0.25, -0.2) is 22.0 Å². The van der Waals surface area contributed by atoms with E-state index in [0.29, 0.717) is 0 Å². The number of hydrogen-bond donors (Lipinski definition) is 0. The van der Waals surface area contributed by atoms with Crippen LogP contribution < -0.4 is 0 Å². The number of alkyl halides is 8. The first kappa shape index (κ1) is 9.01. The van der Waals surface area contributed by atoms with Crippen LogP contribution in [0.15, 0.2) is 0 Å². The quantitative estimate of drug-likeness (QED) is 0.541. The Hall–Kier alpha value is -0.560. The number of halogens is 8. The number of rotatable bonds is 0. The van der Waals surface area contributed by atoms with Gasteiger partial charge in [0, 0.05) is 0 Å². The van der Waals surface area contributed by atoms with Crippen LogP contribution in [0.5, 0.6) is 0 Å². The summed E-state index contributed by atoms with van der Waals surface area (Å²) in [4.78, 5) is 0. The van der Waals surface area contributed by atoms with Gasteiger partial charge < -0.3 is 0 Å². The molecule has 0 heterocycles. The normalized spacial score (nSPS) is 49.8. The highest BCUT2D eigenvalue weighted by Gasteiger charge is 3.30. The van der Waals surface area contributed by atoms with Crippen molar-refractivity contribution < 1.29 is 35.1 Å². The zero-order valence-corrected chi connectivity index (χ0v) is 5.52. The Morgan fingerprint density at radius 2 is 1.00 bits per heavy atom. The van der Waals surface area contributed by atoms with Crippen LogP contribution in [0.1, 0.15) is 0 Å². The molecule has 0 aromatic rings. The van der Waals surface area contributed by atoms with Crippen LogP contribution in [0, 0.1) is 5.41 Å². The van der Waals surface area contributed by atoms with Crippen molar-refractivity contribution >= 4 is 0 Å². The molecule has 2 rings (SSSR count). The molecule has 0 amide bonds. The molecule has 0 aliphatic heterocycles. The standard InChI is InChI=1S/C5F8/c6-2-1(3(2,7)8,4(2,9)10)5(11,12)13. The Morgan fingerprint density at radius 3 is 1.00 bits per heavy atom. The Kier molecular flexibility index (Phi) is 0.997. The van der Waals surface area contributed by atoms with Crippen LogP contribution in [0.4, 0.5) is 35.1 Å². The molecule has 0 saturated heterocycles. The van der Waals surface area contributed by atoms with Crippen molar-refractivity contribution in [2.45, 2.75) is 23.7 Å². The lowest BCUT2D eigenvalue weighted by Gasteiger charge is -2.19. The second kappa shape index (κ2) is 1.44. The Labute approximate surface area is 65.5 Å². The van der Waals surface area contributed by atoms with Gasteiger partial charge in [-0.2, -0.15) is 13.2 Å². The first-order chi connectivity index (χ1) is 5.50. The molecule has 2 saturated carbocycles. The van der Waals surface area contributed by atoms with Gasteiger partial charge in [-0.15, -0.1) is 0 Å². The van der Waals surface area contributed by atoms with Crippen LogP contribution in [0.25, 0.3) is 0 Å². The highest BCUT2D eigenvalue weighted by atomic mass is 19.4. The van der Waals surface area contributed by atoms with Gasteiger partial charge in [0.2, 0.25) is 5.41 Å². The third-order valence-electron chi connectivity index (χ3n) is 2.62. The van der Waals surface area contributed by atoms with Crippen LogP contribution in [0.2, 0.25) is 0 Å². The minimum atomic E-state index is -5.92. The van der Waals surface area contributed by atoms with Crippen molar-refractivity contribution in [3.8, 4) is 0 Å². The van der Waals surface area contributed by atoms with E-state index in [4.69, 9.17) is 0 Å². The van der Waals surface area contributed by atoms with Gasteiger partial charge in [-0.1, -0.05) is 0 Å². The summed E-state index contributed by atoms with van der Waals surface area (Å²) in [6.45, 7) is 0. The van der Waals surface area contributed by atoms with Crippen LogP contribution in [-0.2, 0) is 0 Å².